The zero-order valence-corrected chi connectivity index (χ0v) is 15.7. The summed E-state index contributed by atoms with van der Waals surface area (Å²) in [5.74, 6) is 1.19. The highest BCUT2D eigenvalue weighted by molar-refractivity contribution is 7.90. The van der Waals surface area contributed by atoms with Gasteiger partial charge in [-0.2, -0.15) is 0 Å². The molecule has 6 nitrogen and oxygen atoms in total. The molecule has 1 N–H and O–H groups in total. The van der Waals surface area contributed by atoms with Crippen molar-refractivity contribution in [2.45, 2.75) is 12.5 Å². The van der Waals surface area contributed by atoms with E-state index >= 15 is 0 Å². The molecule has 0 saturated carbocycles. The number of methoxy groups -OCH3 is 1. The van der Waals surface area contributed by atoms with Crippen LogP contribution in [0.2, 0.25) is 0 Å². The molecule has 1 atom stereocenters. The van der Waals surface area contributed by atoms with E-state index in [4.69, 9.17) is 9.47 Å². The fourth-order valence-electron chi connectivity index (χ4n) is 2.40. The zero-order chi connectivity index (χ0) is 19.0. The standard InChI is InChI=1S/C19H23NO5S/c1-24-17-11-16(20-19(14-21)15-7-4-3-5-8-15)12-18(13-17)25-9-6-10-26(2,22)23/h3-5,7-8,11-14,19-20H,6,9-10H2,1-2H3. The van der Waals surface area contributed by atoms with E-state index in [-0.39, 0.29) is 12.4 Å². The fourth-order valence-corrected chi connectivity index (χ4v) is 3.05. The Hall–Kier alpha value is -2.54. The summed E-state index contributed by atoms with van der Waals surface area (Å²) in [6, 6.07) is 14.1. The summed E-state index contributed by atoms with van der Waals surface area (Å²) in [5.41, 5.74) is 1.52. The number of ether oxygens (including phenoxy) is 2. The summed E-state index contributed by atoms with van der Waals surface area (Å²) in [5, 5.41) is 3.15. The number of hydrogen-bond acceptors (Lipinski definition) is 6. The van der Waals surface area contributed by atoms with Crippen molar-refractivity contribution in [3.8, 4) is 11.5 Å². The monoisotopic (exact) mass is 377 g/mol. The lowest BCUT2D eigenvalue weighted by molar-refractivity contribution is -0.108. The summed E-state index contributed by atoms with van der Waals surface area (Å²) >= 11 is 0. The number of anilines is 1. The van der Waals surface area contributed by atoms with Gasteiger partial charge in [-0.1, -0.05) is 30.3 Å². The quantitative estimate of drug-likeness (QED) is 0.506. The van der Waals surface area contributed by atoms with E-state index in [0.717, 1.165) is 11.8 Å². The molecule has 2 aromatic rings. The molecule has 26 heavy (non-hydrogen) atoms. The highest BCUT2D eigenvalue weighted by atomic mass is 32.2. The second-order valence-electron chi connectivity index (χ2n) is 5.90. The van der Waals surface area contributed by atoms with Gasteiger partial charge in [0.1, 0.15) is 33.7 Å². The van der Waals surface area contributed by atoms with Crippen molar-refractivity contribution in [2.24, 2.45) is 0 Å². The lowest BCUT2D eigenvalue weighted by Gasteiger charge is -2.16. The first-order valence-corrected chi connectivity index (χ1v) is 10.2. The Bertz CT molecular complexity index is 821. The number of sulfone groups is 1. The van der Waals surface area contributed by atoms with Crippen LogP contribution in [0.15, 0.2) is 48.5 Å². The van der Waals surface area contributed by atoms with Crippen molar-refractivity contribution in [3.63, 3.8) is 0 Å². The first kappa shape index (κ1) is 19.8. The van der Waals surface area contributed by atoms with Crippen molar-refractivity contribution in [1.82, 2.24) is 0 Å². The van der Waals surface area contributed by atoms with Gasteiger partial charge in [0.2, 0.25) is 0 Å². The predicted molar refractivity (Wildman–Crippen MR) is 102 cm³/mol. The van der Waals surface area contributed by atoms with Crippen molar-refractivity contribution >= 4 is 21.8 Å². The van der Waals surface area contributed by atoms with E-state index in [0.29, 0.717) is 23.6 Å². The molecule has 2 rings (SSSR count). The molecule has 140 valence electrons. The van der Waals surface area contributed by atoms with Gasteiger partial charge in [-0.05, 0) is 12.0 Å². The Morgan fingerprint density at radius 3 is 2.42 bits per heavy atom. The van der Waals surface area contributed by atoms with E-state index < -0.39 is 15.9 Å². The summed E-state index contributed by atoms with van der Waals surface area (Å²) in [6.45, 7) is 0.273. The highest BCUT2D eigenvalue weighted by Crippen LogP contribution is 2.28. The van der Waals surface area contributed by atoms with E-state index in [2.05, 4.69) is 5.32 Å². The van der Waals surface area contributed by atoms with Gasteiger partial charge in [-0.25, -0.2) is 8.42 Å². The number of rotatable bonds is 10. The third-order valence-corrected chi connectivity index (χ3v) is 4.69. The normalized spacial score (nSPS) is 12.2. The number of benzene rings is 2. The summed E-state index contributed by atoms with van der Waals surface area (Å²) in [6.07, 6.45) is 2.44. The minimum atomic E-state index is -3.01. The Morgan fingerprint density at radius 2 is 1.81 bits per heavy atom. The van der Waals surface area contributed by atoms with E-state index in [1.165, 1.54) is 6.26 Å². The predicted octanol–water partition coefficient (Wildman–Crippen LogP) is 2.86. The minimum Gasteiger partial charge on any atom is -0.497 e. The number of nitrogens with one attached hydrogen (secondary N) is 1. The molecule has 0 aliphatic carbocycles. The van der Waals surface area contributed by atoms with E-state index in [9.17, 15) is 13.2 Å². The zero-order valence-electron chi connectivity index (χ0n) is 14.8. The van der Waals surface area contributed by atoms with Crippen LogP contribution in [0.25, 0.3) is 0 Å². The molecule has 0 fully saturated rings. The maximum atomic E-state index is 11.5. The first-order valence-electron chi connectivity index (χ1n) is 8.17. The van der Waals surface area contributed by atoms with Gasteiger partial charge in [-0.15, -0.1) is 0 Å². The van der Waals surface area contributed by atoms with Crippen molar-refractivity contribution in [2.75, 3.05) is 31.0 Å². The molecule has 0 saturated heterocycles. The molecule has 7 heteroatoms. The van der Waals surface area contributed by atoms with E-state index in [1.54, 1.807) is 25.3 Å². The number of hydrogen-bond donors (Lipinski definition) is 1. The van der Waals surface area contributed by atoms with Crippen LogP contribution in [-0.4, -0.2) is 40.4 Å². The van der Waals surface area contributed by atoms with E-state index in [1.807, 2.05) is 30.3 Å². The number of aldehydes is 1. The fraction of sp³-hybridized carbons (Fsp3) is 0.316. The maximum Gasteiger partial charge on any atom is 0.147 e. The lowest BCUT2D eigenvalue weighted by atomic mass is 10.1. The number of carbonyl (C=O) groups is 1. The summed E-state index contributed by atoms with van der Waals surface area (Å²) in [7, 11) is -1.46. The first-order chi connectivity index (χ1) is 12.4. The highest BCUT2D eigenvalue weighted by Gasteiger charge is 2.11. The van der Waals surface area contributed by atoms with Gasteiger partial charge < -0.3 is 19.6 Å². The van der Waals surface area contributed by atoms with Crippen LogP contribution in [0.4, 0.5) is 5.69 Å². The van der Waals surface area contributed by atoms with Crippen LogP contribution in [0, 0.1) is 0 Å². The molecule has 0 aromatic heterocycles. The molecule has 0 radical (unpaired) electrons. The Balaban J connectivity index is 2.09. The average Bonchev–Trinajstić information content (AvgIpc) is 2.63. The maximum absolute atomic E-state index is 11.5. The van der Waals surface area contributed by atoms with Crippen LogP contribution in [0.5, 0.6) is 11.5 Å². The van der Waals surface area contributed by atoms with Crippen LogP contribution in [0.1, 0.15) is 18.0 Å². The third-order valence-electron chi connectivity index (χ3n) is 3.66. The van der Waals surface area contributed by atoms with Gasteiger partial charge in [0.25, 0.3) is 0 Å². The Labute approximate surface area is 154 Å². The van der Waals surface area contributed by atoms with Gasteiger partial charge in [0, 0.05) is 30.1 Å². The molecular formula is C19H23NO5S. The van der Waals surface area contributed by atoms with Gasteiger partial charge in [0.15, 0.2) is 0 Å². The molecule has 0 heterocycles. The van der Waals surface area contributed by atoms with Crippen LogP contribution in [-0.2, 0) is 14.6 Å². The Kier molecular flexibility index (Phi) is 7.03. The smallest absolute Gasteiger partial charge is 0.147 e. The molecule has 1 unspecified atom stereocenters. The molecular weight excluding hydrogens is 354 g/mol. The lowest BCUT2D eigenvalue weighted by Crippen LogP contribution is -2.12. The summed E-state index contributed by atoms with van der Waals surface area (Å²) in [4.78, 5) is 11.5. The van der Waals surface area contributed by atoms with Crippen LogP contribution in [0.3, 0.4) is 0 Å². The molecule has 0 aliphatic rings. The van der Waals surface area contributed by atoms with Crippen LogP contribution < -0.4 is 14.8 Å². The number of carbonyl (C=O) groups excluding carboxylic acids is 1. The van der Waals surface area contributed by atoms with Crippen molar-refractivity contribution in [3.05, 3.63) is 54.1 Å². The largest absolute Gasteiger partial charge is 0.497 e. The topological polar surface area (TPSA) is 81.7 Å². The second kappa shape index (κ2) is 9.24. The molecule has 0 amide bonds. The second-order valence-corrected chi connectivity index (χ2v) is 8.16. The van der Waals surface area contributed by atoms with Crippen molar-refractivity contribution < 1.29 is 22.7 Å². The Morgan fingerprint density at radius 1 is 1.12 bits per heavy atom. The SMILES string of the molecule is COc1cc(NC(C=O)c2ccccc2)cc(OCCCS(C)(=O)=O)c1. The summed E-state index contributed by atoms with van der Waals surface area (Å²) < 4.78 is 33.2. The van der Waals surface area contributed by atoms with Gasteiger partial charge >= 0.3 is 0 Å². The third kappa shape index (κ3) is 6.40. The molecule has 0 bridgehead atoms. The van der Waals surface area contributed by atoms with Crippen LogP contribution >= 0.6 is 0 Å². The van der Waals surface area contributed by atoms with Gasteiger partial charge in [-0.3, -0.25) is 0 Å². The van der Waals surface area contributed by atoms with Gasteiger partial charge in [0.05, 0.1) is 19.5 Å². The average molecular weight is 377 g/mol. The van der Waals surface area contributed by atoms with Crippen molar-refractivity contribution in [1.29, 1.82) is 0 Å². The molecule has 0 spiro atoms. The molecule has 2 aromatic carbocycles. The molecule has 0 aliphatic heterocycles. The minimum absolute atomic E-state index is 0.0727.